The van der Waals surface area contributed by atoms with Gasteiger partial charge < -0.3 is 21.2 Å². The molecule has 0 saturated carbocycles. The van der Waals surface area contributed by atoms with Gasteiger partial charge in [0.15, 0.2) is 0 Å². The van der Waals surface area contributed by atoms with Crippen molar-refractivity contribution >= 4 is 23.4 Å². The Balaban J connectivity index is 1.67. The number of nitrogens with zero attached hydrogens (tertiary/aromatic N) is 3. The number of halogens is 1. The molecule has 3 rings (SSSR count). The molecule has 1 atom stereocenters. The van der Waals surface area contributed by atoms with Gasteiger partial charge in [-0.15, -0.1) is 5.11 Å². The third-order valence-corrected chi connectivity index (χ3v) is 4.61. The molecule has 10 heteroatoms. The Labute approximate surface area is 178 Å². The molecular formula is C21H23FN6O3. The van der Waals surface area contributed by atoms with Gasteiger partial charge in [0.25, 0.3) is 0 Å². The number of ether oxygens (including phenoxy) is 1. The van der Waals surface area contributed by atoms with Crippen LogP contribution in [0.2, 0.25) is 0 Å². The number of rotatable bonds is 8. The van der Waals surface area contributed by atoms with Crippen LogP contribution in [0.25, 0.3) is 11.1 Å². The Morgan fingerprint density at radius 3 is 2.71 bits per heavy atom. The number of nitrogens with two attached hydrogens (primary N) is 1. The first-order valence-corrected chi connectivity index (χ1v) is 9.52. The average molecular weight is 426 g/mol. The first-order valence-electron chi connectivity index (χ1n) is 9.52. The number of nitrogens with one attached hydrogen (secondary N) is 2. The highest BCUT2D eigenvalue weighted by Crippen LogP contribution is 2.29. The summed E-state index contributed by atoms with van der Waals surface area (Å²) in [5.74, 6) is 4.30. The maximum atomic E-state index is 14.8. The highest BCUT2D eigenvalue weighted by Gasteiger charge is 2.32. The Hall–Kier alpha value is -3.95. The lowest BCUT2D eigenvalue weighted by molar-refractivity contribution is -0.119. The Morgan fingerprint density at radius 1 is 1.32 bits per heavy atom. The summed E-state index contributed by atoms with van der Waals surface area (Å²) >= 11 is 0. The average Bonchev–Trinajstić information content (AvgIpc) is 3.12. The van der Waals surface area contributed by atoms with Crippen LogP contribution in [-0.4, -0.2) is 37.7 Å². The van der Waals surface area contributed by atoms with Crippen LogP contribution in [0.4, 0.5) is 20.6 Å². The molecule has 0 aliphatic carbocycles. The highest BCUT2D eigenvalue weighted by molar-refractivity contribution is 5.90. The second kappa shape index (κ2) is 9.70. The number of hydrogen-bond donors (Lipinski definition) is 3. The minimum absolute atomic E-state index is 0.209. The number of cyclic esters (lactones) is 1. The molecule has 2 aromatic carbocycles. The van der Waals surface area contributed by atoms with Crippen LogP contribution in [0, 0.1) is 5.82 Å². The summed E-state index contributed by atoms with van der Waals surface area (Å²) in [6.45, 7) is 5.89. The molecule has 31 heavy (non-hydrogen) atoms. The third kappa shape index (κ3) is 5.56. The fourth-order valence-electron chi connectivity index (χ4n) is 3.09. The standard InChI is InChI=1S/C21H23FN6O3/c1-13(26-27-23)10-25-16-5-3-15(4-6-16)19-8-7-17(9-20(19)22)28-12-18(31-21(28)30)11-24-14(2)29/h3-9,18,25H,1,10-12H2,2H3,(H2,23,26)(H,24,29)/t18-/m0/s1. The van der Waals surface area contributed by atoms with Gasteiger partial charge in [-0.2, -0.15) is 0 Å². The minimum Gasteiger partial charge on any atom is -0.442 e. The molecular weight excluding hydrogens is 403 g/mol. The summed E-state index contributed by atoms with van der Waals surface area (Å²) in [5.41, 5.74) is 2.76. The van der Waals surface area contributed by atoms with Crippen LogP contribution in [0.3, 0.4) is 0 Å². The Kier molecular flexibility index (Phi) is 6.81. The number of carbonyl (C=O) groups is 2. The predicted octanol–water partition coefficient (Wildman–Crippen LogP) is 3.21. The third-order valence-electron chi connectivity index (χ3n) is 4.61. The molecule has 1 heterocycles. The topological polar surface area (TPSA) is 121 Å². The van der Waals surface area contributed by atoms with E-state index in [1.165, 1.54) is 17.9 Å². The number of amides is 2. The van der Waals surface area contributed by atoms with Crippen LogP contribution >= 0.6 is 0 Å². The molecule has 1 saturated heterocycles. The smallest absolute Gasteiger partial charge is 0.414 e. The van der Waals surface area contributed by atoms with E-state index in [1.54, 1.807) is 36.4 Å². The zero-order chi connectivity index (χ0) is 22.4. The largest absolute Gasteiger partial charge is 0.442 e. The van der Waals surface area contributed by atoms with Gasteiger partial charge in [0, 0.05) is 18.2 Å². The van der Waals surface area contributed by atoms with E-state index in [-0.39, 0.29) is 19.0 Å². The summed E-state index contributed by atoms with van der Waals surface area (Å²) < 4.78 is 20.0. The Morgan fingerprint density at radius 2 is 2.06 bits per heavy atom. The van der Waals surface area contributed by atoms with E-state index in [2.05, 4.69) is 27.6 Å². The first kappa shape index (κ1) is 21.8. The van der Waals surface area contributed by atoms with Crippen molar-refractivity contribution in [3.8, 4) is 11.1 Å². The van der Waals surface area contributed by atoms with Crippen molar-refractivity contribution in [3.63, 3.8) is 0 Å². The van der Waals surface area contributed by atoms with E-state index in [0.29, 0.717) is 29.1 Å². The number of hydrogen-bond acceptors (Lipinski definition) is 6. The molecule has 1 fully saturated rings. The van der Waals surface area contributed by atoms with Crippen molar-refractivity contribution in [2.45, 2.75) is 13.0 Å². The molecule has 0 unspecified atom stereocenters. The molecule has 0 spiro atoms. The van der Waals surface area contributed by atoms with E-state index < -0.39 is 18.0 Å². The van der Waals surface area contributed by atoms with Gasteiger partial charge >= 0.3 is 6.09 Å². The fourth-order valence-corrected chi connectivity index (χ4v) is 3.09. The van der Waals surface area contributed by atoms with Crippen molar-refractivity contribution in [1.82, 2.24) is 5.32 Å². The van der Waals surface area contributed by atoms with Crippen LogP contribution in [0.1, 0.15) is 6.92 Å². The molecule has 0 aromatic heterocycles. The van der Waals surface area contributed by atoms with E-state index in [1.807, 2.05) is 0 Å². The fraction of sp³-hybridized carbons (Fsp3) is 0.238. The van der Waals surface area contributed by atoms with Crippen molar-refractivity contribution in [2.24, 2.45) is 16.2 Å². The van der Waals surface area contributed by atoms with Gasteiger partial charge in [0.2, 0.25) is 5.91 Å². The monoisotopic (exact) mass is 426 g/mol. The van der Waals surface area contributed by atoms with Crippen molar-refractivity contribution in [2.75, 3.05) is 29.9 Å². The summed E-state index contributed by atoms with van der Waals surface area (Å²) in [4.78, 5) is 24.5. The molecule has 1 aliphatic rings. The van der Waals surface area contributed by atoms with E-state index in [0.717, 1.165) is 5.69 Å². The predicted molar refractivity (Wildman–Crippen MR) is 115 cm³/mol. The molecule has 162 valence electrons. The van der Waals surface area contributed by atoms with Gasteiger partial charge in [-0.05, 0) is 35.9 Å². The number of carbonyl (C=O) groups excluding carboxylic acids is 2. The van der Waals surface area contributed by atoms with E-state index in [9.17, 15) is 14.0 Å². The maximum absolute atomic E-state index is 14.8. The van der Waals surface area contributed by atoms with Crippen LogP contribution < -0.4 is 21.4 Å². The molecule has 4 N–H and O–H groups in total. The summed E-state index contributed by atoms with van der Waals surface area (Å²) in [7, 11) is 0. The van der Waals surface area contributed by atoms with E-state index in [4.69, 9.17) is 10.6 Å². The normalized spacial score (nSPS) is 15.7. The lowest BCUT2D eigenvalue weighted by Crippen LogP contribution is -2.33. The summed E-state index contributed by atoms with van der Waals surface area (Å²) in [5, 5.41) is 12.5. The zero-order valence-electron chi connectivity index (χ0n) is 17.0. The molecule has 0 radical (unpaired) electrons. The lowest BCUT2D eigenvalue weighted by Gasteiger charge is -2.15. The van der Waals surface area contributed by atoms with Gasteiger partial charge in [-0.3, -0.25) is 9.69 Å². The summed E-state index contributed by atoms with van der Waals surface area (Å²) in [6, 6.07) is 11.7. The van der Waals surface area contributed by atoms with Gasteiger partial charge in [0.1, 0.15) is 11.9 Å². The van der Waals surface area contributed by atoms with E-state index >= 15 is 0 Å². The lowest BCUT2D eigenvalue weighted by atomic mass is 10.0. The molecule has 1 aliphatic heterocycles. The number of anilines is 2. The summed E-state index contributed by atoms with van der Waals surface area (Å²) in [6.07, 6.45) is -1.06. The minimum atomic E-state index is -0.575. The second-order valence-electron chi connectivity index (χ2n) is 6.93. The number of benzene rings is 2. The molecule has 2 amide bonds. The van der Waals surface area contributed by atoms with Gasteiger partial charge in [0.05, 0.1) is 31.0 Å². The van der Waals surface area contributed by atoms with Gasteiger partial charge in [-0.25, -0.2) is 9.18 Å². The van der Waals surface area contributed by atoms with Crippen LogP contribution in [0.15, 0.2) is 65.1 Å². The zero-order valence-corrected chi connectivity index (χ0v) is 17.0. The van der Waals surface area contributed by atoms with Crippen LogP contribution in [0.5, 0.6) is 0 Å². The maximum Gasteiger partial charge on any atom is 0.414 e. The van der Waals surface area contributed by atoms with Gasteiger partial charge in [-0.1, -0.05) is 23.9 Å². The first-order chi connectivity index (χ1) is 14.9. The molecule has 2 aromatic rings. The second-order valence-corrected chi connectivity index (χ2v) is 6.93. The quantitative estimate of drug-likeness (QED) is 0.340. The van der Waals surface area contributed by atoms with Crippen LogP contribution in [-0.2, 0) is 9.53 Å². The molecule has 9 nitrogen and oxygen atoms in total. The van der Waals surface area contributed by atoms with Crippen molar-refractivity contribution in [1.29, 1.82) is 0 Å². The SMILES string of the molecule is C=C(CNc1ccc(-c2ccc(N3C[C@H](CNC(C)=O)OC3=O)cc2F)cc1)N=NN. The van der Waals surface area contributed by atoms with Crippen molar-refractivity contribution in [3.05, 3.63) is 60.6 Å². The van der Waals surface area contributed by atoms with Crippen molar-refractivity contribution < 1.29 is 18.7 Å². The highest BCUT2D eigenvalue weighted by atomic mass is 19.1. The molecule has 0 bridgehead atoms. The Bertz CT molecular complexity index is 1010.